The molecule has 0 aliphatic rings. The number of hydrogen-bond donors (Lipinski definition) is 2. The van der Waals surface area contributed by atoms with Crippen LogP contribution in [0.25, 0.3) is 0 Å². The van der Waals surface area contributed by atoms with E-state index >= 15 is 0 Å². The minimum atomic E-state index is -0.842. The topological polar surface area (TPSA) is 92.7 Å². The zero-order valence-corrected chi connectivity index (χ0v) is 13.5. The first-order chi connectivity index (χ1) is 12.2. The third-order valence-corrected chi connectivity index (χ3v) is 3.01. The fourth-order valence-corrected chi connectivity index (χ4v) is 1.79. The average Bonchev–Trinajstić information content (AvgIpc) is 2.66. The van der Waals surface area contributed by atoms with Gasteiger partial charge in [0.15, 0.2) is 0 Å². The van der Waals surface area contributed by atoms with Crippen molar-refractivity contribution in [3.8, 4) is 5.75 Å². The number of rotatable bonds is 7. The second-order valence-electron chi connectivity index (χ2n) is 4.91. The van der Waals surface area contributed by atoms with Gasteiger partial charge in [0.1, 0.15) is 12.4 Å². The number of ether oxygens (including phenoxy) is 1. The Balaban J connectivity index is 1.77. The van der Waals surface area contributed by atoms with Gasteiger partial charge in [0, 0.05) is 18.9 Å². The van der Waals surface area contributed by atoms with Gasteiger partial charge in [-0.15, -0.1) is 0 Å². The smallest absolute Gasteiger partial charge is 0.329 e. The highest BCUT2D eigenvalue weighted by Crippen LogP contribution is 2.10. The van der Waals surface area contributed by atoms with Gasteiger partial charge in [0.2, 0.25) is 0 Å². The highest BCUT2D eigenvalue weighted by molar-refractivity contribution is 6.35. The number of aromatic nitrogens is 1. The molecule has 0 fully saturated rings. The van der Waals surface area contributed by atoms with Crippen molar-refractivity contribution in [3.05, 3.63) is 72.6 Å². The third kappa shape index (κ3) is 6.26. The lowest BCUT2D eigenvalue weighted by Crippen LogP contribution is -2.37. The molecule has 2 aromatic rings. The number of nitrogens with zero attached hydrogens (tertiary/aromatic N) is 2. The van der Waals surface area contributed by atoms with E-state index in [1.54, 1.807) is 54.9 Å². The predicted molar refractivity (Wildman–Crippen MR) is 94.0 cm³/mol. The van der Waals surface area contributed by atoms with Crippen LogP contribution in [0, 0.1) is 0 Å². The summed E-state index contributed by atoms with van der Waals surface area (Å²) in [5.74, 6) is -0.906. The summed E-state index contributed by atoms with van der Waals surface area (Å²) in [6.07, 6.45) is 6.33. The van der Waals surface area contributed by atoms with Crippen LogP contribution in [-0.2, 0) is 16.1 Å². The van der Waals surface area contributed by atoms with Gasteiger partial charge in [-0.2, -0.15) is 5.10 Å². The maximum atomic E-state index is 11.7. The van der Waals surface area contributed by atoms with Crippen LogP contribution in [0.4, 0.5) is 0 Å². The van der Waals surface area contributed by atoms with Gasteiger partial charge in [-0.1, -0.05) is 18.7 Å². The molecule has 0 aliphatic heterocycles. The number of hydrogen-bond acceptors (Lipinski definition) is 5. The van der Waals surface area contributed by atoms with E-state index in [2.05, 4.69) is 27.4 Å². The van der Waals surface area contributed by atoms with E-state index < -0.39 is 11.8 Å². The summed E-state index contributed by atoms with van der Waals surface area (Å²) in [5.41, 5.74) is 3.72. The van der Waals surface area contributed by atoms with Crippen LogP contribution in [0.3, 0.4) is 0 Å². The Morgan fingerprint density at radius 3 is 2.68 bits per heavy atom. The second-order valence-corrected chi connectivity index (χ2v) is 4.91. The Bertz CT molecular complexity index is 743. The van der Waals surface area contributed by atoms with Crippen LogP contribution in [0.2, 0.25) is 0 Å². The van der Waals surface area contributed by atoms with Crippen molar-refractivity contribution in [1.29, 1.82) is 0 Å². The Morgan fingerprint density at radius 1 is 1.20 bits per heavy atom. The molecule has 1 heterocycles. The molecule has 0 atom stereocenters. The Hall–Kier alpha value is -3.48. The van der Waals surface area contributed by atoms with Gasteiger partial charge >= 0.3 is 11.8 Å². The fraction of sp³-hybridized carbons (Fsp3) is 0.111. The minimum absolute atomic E-state index is 0.218. The molecule has 0 radical (unpaired) electrons. The van der Waals surface area contributed by atoms with Crippen LogP contribution in [0.15, 0.2) is 66.5 Å². The molecule has 0 saturated heterocycles. The summed E-state index contributed by atoms with van der Waals surface area (Å²) < 4.78 is 5.36. The summed E-state index contributed by atoms with van der Waals surface area (Å²) in [6, 6.07) is 10.6. The van der Waals surface area contributed by atoms with E-state index in [0.29, 0.717) is 12.4 Å². The first kappa shape index (κ1) is 17.9. The Kier molecular flexibility index (Phi) is 6.87. The molecule has 128 valence electrons. The van der Waals surface area contributed by atoms with Gasteiger partial charge in [-0.25, -0.2) is 5.43 Å². The van der Waals surface area contributed by atoms with Crippen LogP contribution in [0.5, 0.6) is 5.75 Å². The monoisotopic (exact) mass is 338 g/mol. The van der Waals surface area contributed by atoms with Gasteiger partial charge in [-0.05, 0) is 41.5 Å². The van der Waals surface area contributed by atoms with Crippen molar-refractivity contribution in [2.45, 2.75) is 6.54 Å². The molecule has 0 bridgehead atoms. The maximum Gasteiger partial charge on any atom is 0.329 e. The van der Waals surface area contributed by atoms with Gasteiger partial charge in [0.25, 0.3) is 0 Å². The molecule has 0 aliphatic carbocycles. The molecule has 7 nitrogen and oxygen atoms in total. The molecule has 0 spiro atoms. The van der Waals surface area contributed by atoms with Crippen molar-refractivity contribution in [3.63, 3.8) is 0 Å². The van der Waals surface area contributed by atoms with Crippen molar-refractivity contribution < 1.29 is 14.3 Å². The van der Waals surface area contributed by atoms with Crippen LogP contribution >= 0.6 is 0 Å². The Morgan fingerprint density at radius 2 is 2.00 bits per heavy atom. The highest BCUT2D eigenvalue weighted by atomic mass is 16.5. The Labute approximate surface area is 145 Å². The minimum Gasteiger partial charge on any atom is -0.490 e. The van der Waals surface area contributed by atoms with Crippen LogP contribution < -0.4 is 15.5 Å². The van der Waals surface area contributed by atoms with E-state index in [1.165, 1.54) is 6.21 Å². The fourth-order valence-electron chi connectivity index (χ4n) is 1.79. The first-order valence-corrected chi connectivity index (χ1v) is 7.53. The number of hydrazone groups is 1. The lowest BCUT2D eigenvalue weighted by atomic mass is 10.2. The zero-order valence-electron chi connectivity index (χ0n) is 13.5. The SMILES string of the molecule is C=CCOc1ccc(C=NNC(=O)C(=O)NCc2cccnc2)cc1. The van der Waals surface area contributed by atoms with E-state index in [0.717, 1.165) is 11.1 Å². The number of amides is 2. The van der Waals surface area contributed by atoms with Crippen LogP contribution in [-0.4, -0.2) is 29.6 Å². The zero-order chi connectivity index (χ0) is 17.9. The lowest BCUT2D eigenvalue weighted by molar-refractivity contribution is -0.139. The highest BCUT2D eigenvalue weighted by Gasteiger charge is 2.11. The molecule has 2 rings (SSSR count). The van der Waals surface area contributed by atoms with Gasteiger partial charge in [-0.3, -0.25) is 14.6 Å². The average molecular weight is 338 g/mol. The third-order valence-electron chi connectivity index (χ3n) is 3.01. The standard InChI is InChI=1S/C18H18N4O3/c1-2-10-25-16-7-5-14(6-8-16)13-21-22-18(24)17(23)20-12-15-4-3-9-19-11-15/h2-9,11,13H,1,10,12H2,(H,20,23)(H,22,24). The van der Waals surface area contributed by atoms with E-state index in [9.17, 15) is 9.59 Å². The number of benzene rings is 1. The van der Waals surface area contributed by atoms with E-state index in [1.807, 2.05) is 0 Å². The molecular formula is C18H18N4O3. The summed E-state index contributed by atoms with van der Waals surface area (Å²) in [6.45, 7) is 4.22. The maximum absolute atomic E-state index is 11.7. The molecule has 1 aromatic heterocycles. The normalized spacial score (nSPS) is 10.2. The number of carbonyl (C=O) groups excluding carboxylic acids is 2. The van der Waals surface area contributed by atoms with E-state index in [4.69, 9.17) is 4.74 Å². The molecule has 7 heteroatoms. The van der Waals surface area contributed by atoms with Crippen molar-refractivity contribution in [1.82, 2.24) is 15.7 Å². The molecule has 25 heavy (non-hydrogen) atoms. The number of carbonyl (C=O) groups is 2. The number of pyridine rings is 1. The van der Waals surface area contributed by atoms with Gasteiger partial charge < -0.3 is 10.1 Å². The second kappa shape index (κ2) is 9.61. The summed E-state index contributed by atoms with van der Waals surface area (Å²) in [7, 11) is 0. The summed E-state index contributed by atoms with van der Waals surface area (Å²) >= 11 is 0. The first-order valence-electron chi connectivity index (χ1n) is 7.53. The molecular weight excluding hydrogens is 320 g/mol. The molecule has 1 aromatic carbocycles. The largest absolute Gasteiger partial charge is 0.490 e. The molecule has 0 saturated carbocycles. The van der Waals surface area contributed by atoms with Crippen molar-refractivity contribution >= 4 is 18.0 Å². The summed E-state index contributed by atoms with van der Waals surface area (Å²) in [5, 5.41) is 6.24. The molecule has 2 amide bonds. The van der Waals surface area contributed by atoms with Gasteiger partial charge in [0.05, 0.1) is 6.21 Å². The summed E-state index contributed by atoms with van der Waals surface area (Å²) in [4.78, 5) is 27.2. The lowest BCUT2D eigenvalue weighted by Gasteiger charge is -2.04. The predicted octanol–water partition coefficient (Wildman–Crippen LogP) is 1.41. The quantitative estimate of drug-likeness (QED) is 0.345. The van der Waals surface area contributed by atoms with Crippen LogP contribution in [0.1, 0.15) is 11.1 Å². The number of nitrogens with one attached hydrogen (secondary N) is 2. The van der Waals surface area contributed by atoms with Crippen molar-refractivity contribution in [2.24, 2.45) is 5.10 Å². The molecule has 2 N–H and O–H groups in total. The van der Waals surface area contributed by atoms with Crippen molar-refractivity contribution in [2.75, 3.05) is 6.61 Å². The molecule has 0 unspecified atom stereocenters. The van der Waals surface area contributed by atoms with E-state index in [-0.39, 0.29) is 6.54 Å².